The van der Waals surface area contributed by atoms with Gasteiger partial charge in [0.2, 0.25) is 17.8 Å². The number of nitrogens with zero attached hydrogens (tertiary/aromatic N) is 8. The Kier molecular flexibility index (Phi) is 16.9. The molecule has 0 bridgehead atoms. The number of anilines is 5. The van der Waals surface area contributed by atoms with Crippen molar-refractivity contribution >= 4 is 58.4 Å². The summed E-state index contributed by atoms with van der Waals surface area (Å²) in [6.45, 7) is 14.0. The van der Waals surface area contributed by atoms with Crippen molar-refractivity contribution in [1.82, 2.24) is 30.6 Å². The van der Waals surface area contributed by atoms with Crippen LogP contribution in [0.15, 0.2) is 55.0 Å². The highest BCUT2D eigenvalue weighted by molar-refractivity contribution is 6.31. The van der Waals surface area contributed by atoms with Crippen molar-refractivity contribution in [2.75, 3.05) is 86.8 Å². The maximum atomic E-state index is 13.4. The second-order valence-corrected chi connectivity index (χ2v) is 20.6. The van der Waals surface area contributed by atoms with Crippen LogP contribution in [-0.2, 0) is 19.0 Å². The molecule has 2 aliphatic carbocycles. The fourth-order valence-corrected chi connectivity index (χ4v) is 11.3. The number of aromatic nitrogens is 4. The maximum absolute atomic E-state index is 13.4. The van der Waals surface area contributed by atoms with Crippen LogP contribution in [0.3, 0.4) is 0 Å². The zero-order valence-corrected chi connectivity index (χ0v) is 43.7. The Balaban J connectivity index is 0.688. The number of likely N-dealkylation sites (N-methyl/N-ethyl adjacent to an activating group) is 1. The molecule has 2 aliphatic heterocycles. The number of ether oxygens (including phenoxy) is 5. The average molecular weight is 1020 g/mol. The van der Waals surface area contributed by atoms with Gasteiger partial charge in [-0.05, 0) is 62.4 Å². The Morgan fingerprint density at radius 3 is 2.25 bits per heavy atom. The first-order chi connectivity index (χ1) is 35.1. The molecule has 2 aromatic carbocycles. The molecule has 4 heterocycles. The normalized spacial score (nSPS) is 20.5. The van der Waals surface area contributed by atoms with E-state index in [1.165, 1.54) is 0 Å². The minimum atomic E-state index is -0.397. The molecule has 73 heavy (non-hydrogen) atoms. The molecular weight excluding hydrogens is 954 g/mol. The quantitative estimate of drug-likeness (QED) is 0.0709. The molecular formula is C53H68ClN11O8. The van der Waals surface area contributed by atoms with E-state index in [1.807, 2.05) is 6.92 Å². The zero-order valence-electron chi connectivity index (χ0n) is 42.9. The number of nitrogens with one attached hydrogen (secondary N) is 3. The fraction of sp³-hybridized carbons (Fsp3) is 0.547. The summed E-state index contributed by atoms with van der Waals surface area (Å²) in [5.74, 6) is 2.27. The summed E-state index contributed by atoms with van der Waals surface area (Å²) in [4.78, 5) is 64.2. The van der Waals surface area contributed by atoms with Crippen molar-refractivity contribution < 1.29 is 38.1 Å². The summed E-state index contributed by atoms with van der Waals surface area (Å²) in [7, 11) is 3.32. The smallest absolute Gasteiger partial charge is 0.254 e. The van der Waals surface area contributed by atoms with E-state index in [2.05, 4.69) is 74.5 Å². The number of rotatable bonds is 21. The number of piperidine rings is 1. The molecule has 19 nitrogen and oxygen atoms in total. The Morgan fingerprint density at radius 2 is 1.58 bits per heavy atom. The lowest BCUT2D eigenvalue weighted by molar-refractivity contribution is -0.164. The number of hydrogen-bond acceptors (Lipinski definition) is 16. The number of benzene rings is 2. The molecule has 0 radical (unpaired) electrons. The summed E-state index contributed by atoms with van der Waals surface area (Å²) in [6, 6.07) is 12.0. The van der Waals surface area contributed by atoms with Crippen LogP contribution >= 0.6 is 11.6 Å². The first kappa shape index (κ1) is 53.0. The predicted molar refractivity (Wildman–Crippen MR) is 277 cm³/mol. The van der Waals surface area contributed by atoms with Gasteiger partial charge in [-0.15, -0.1) is 0 Å². The lowest BCUT2D eigenvalue weighted by Gasteiger charge is -2.63. The molecule has 2 aromatic heterocycles. The number of fused-ring (bicyclic) bond motifs is 1. The predicted octanol–water partition coefficient (Wildman–Crippen LogP) is 7.11. The molecule has 3 N–H and O–H groups in total. The molecule has 8 rings (SSSR count). The van der Waals surface area contributed by atoms with E-state index >= 15 is 0 Å². The Hall–Kier alpha value is -6.33. The minimum absolute atomic E-state index is 0.0596. The topological polar surface area (TPSA) is 219 Å². The molecule has 1 atom stereocenters. The fourth-order valence-electron chi connectivity index (χ4n) is 11.1. The van der Waals surface area contributed by atoms with Crippen LogP contribution in [0.25, 0.3) is 0 Å². The van der Waals surface area contributed by atoms with E-state index < -0.39 is 10.8 Å². The van der Waals surface area contributed by atoms with Crippen LogP contribution in [-0.4, -0.2) is 135 Å². The van der Waals surface area contributed by atoms with Gasteiger partial charge in [0.1, 0.15) is 35.4 Å². The summed E-state index contributed by atoms with van der Waals surface area (Å²) in [5, 5.41) is 18.9. The second kappa shape index (κ2) is 23.3. The van der Waals surface area contributed by atoms with E-state index in [4.69, 9.17) is 40.3 Å². The van der Waals surface area contributed by atoms with Gasteiger partial charge in [0.25, 0.3) is 11.8 Å². The van der Waals surface area contributed by atoms with Crippen LogP contribution in [0.4, 0.5) is 29.1 Å². The van der Waals surface area contributed by atoms with Crippen molar-refractivity contribution in [3.8, 4) is 17.6 Å². The highest BCUT2D eigenvalue weighted by atomic mass is 35.5. The van der Waals surface area contributed by atoms with Crippen LogP contribution in [0.2, 0.25) is 5.02 Å². The standard InChI is InChI=1S/C53H68ClN11O8/c1-8-41-47(68)63(6)42-32-57-50(61-44(42)65(41)36-11-9-10-12-36)60-40-16-14-33(27-43(40)69-7)45(66)56-19-22-70-23-24-71-25-26-72-37-17-20-64(21-18-37)51-58-30-35(31-59-51)46(67)62-48-52(2,3)49(53(48,4)5)73-38-15-13-34(29-55)39(54)28-38/h13-16,27-28,30-32,36-37,41,48-49H,8-12,17-26H2,1-7H3,(H,56,66)(H,62,67)(H,57,60,61)/t41-,48-,49-/m1/s1. The first-order valence-corrected chi connectivity index (χ1v) is 25.7. The summed E-state index contributed by atoms with van der Waals surface area (Å²) >= 11 is 6.25. The molecule has 0 unspecified atom stereocenters. The van der Waals surface area contributed by atoms with Gasteiger partial charge in [-0.25, -0.2) is 15.0 Å². The van der Waals surface area contributed by atoms with Gasteiger partial charge in [-0.2, -0.15) is 10.2 Å². The largest absolute Gasteiger partial charge is 0.495 e. The SMILES string of the molecule is CC[C@@H]1C(=O)N(C)c2cnc(Nc3ccc(C(=O)NCCOCCOCCOC4CCN(c5ncc(C(=O)N[C@H]6C(C)(C)[C@H](Oc7ccc(C#N)c(Cl)c7)C6(C)C)cn5)CC4)cc3OC)nc2N1C1CCCC1. The molecule has 390 valence electrons. The number of halogens is 1. The van der Waals surface area contributed by atoms with E-state index in [1.54, 1.807) is 74.0 Å². The van der Waals surface area contributed by atoms with Gasteiger partial charge in [-0.1, -0.05) is 59.1 Å². The number of carbonyl (C=O) groups excluding carboxylic acids is 3. The summed E-state index contributed by atoms with van der Waals surface area (Å²) < 4.78 is 29.5. The number of amides is 3. The number of methoxy groups -OCH3 is 1. The Labute approximate surface area is 432 Å². The molecule has 0 spiro atoms. The van der Waals surface area contributed by atoms with Crippen molar-refractivity contribution in [3.63, 3.8) is 0 Å². The molecule has 1 saturated heterocycles. The van der Waals surface area contributed by atoms with Gasteiger partial charge in [0.05, 0.1) is 74.3 Å². The van der Waals surface area contributed by atoms with Gasteiger partial charge < -0.3 is 54.3 Å². The van der Waals surface area contributed by atoms with Crippen molar-refractivity contribution in [1.29, 1.82) is 5.26 Å². The average Bonchev–Trinajstić information content (AvgIpc) is 3.93. The van der Waals surface area contributed by atoms with Crippen molar-refractivity contribution in [3.05, 3.63) is 76.7 Å². The molecule has 4 aliphatic rings. The van der Waals surface area contributed by atoms with Crippen LogP contribution < -0.4 is 40.1 Å². The Bertz CT molecular complexity index is 2620. The van der Waals surface area contributed by atoms with E-state index in [9.17, 15) is 19.6 Å². The van der Waals surface area contributed by atoms with Crippen molar-refractivity contribution in [2.45, 2.75) is 110 Å². The third-order valence-electron chi connectivity index (χ3n) is 14.7. The van der Waals surface area contributed by atoms with Gasteiger partial charge in [0, 0.05) is 73.6 Å². The third-order valence-corrected chi connectivity index (χ3v) is 15.0. The molecule has 3 amide bonds. The third kappa shape index (κ3) is 11.7. The Morgan fingerprint density at radius 1 is 0.877 bits per heavy atom. The van der Waals surface area contributed by atoms with Crippen LogP contribution in [0.5, 0.6) is 11.5 Å². The minimum Gasteiger partial charge on any atom is -0.495 e. The molecule has 2 saturated carbocycles. The maximum Gasteiger partial charge on any atom is 0.254 e. The van der Waals surface area contributed by atoms with Gasteiger partial charge >= 0.3 is 0 Å². The van der Waals surface area contributed by atoms with E-state index in [-0.39, 0.29) is 48.1 Å². The van der Waals surface area contributed by atoms with Crippen molar-refractivity contribution in [2.24, 2.45) is 10.8 Å². The number of nitriles is 1. The molecule has 3 fully saturated rings. The number of hydrogen-bond donors (Lipinski definition) is 3. The number of carbonyl (C=O) groups is 3. The van der Waals surface area contributed by atoms with E-state index in [0.29, 0.717) is 102 Å². The lowest BCUT2D eigenvalue weighted by atomic mass is 9.49. The second-order valence-electron chi connectivity index (χ2n) is 20.2. The molecule has 4 aromatic rings. The first-order valence-electron chi connectivity index (χ1n) is 25.3. The summed E-state index contributed by atoms with van der Waals surface area (Å²) in [5.41, 5.74) is 1.70. The highest BCUT2D eigenvalue weighted by Gasteiger charge is 2.64. The highest BCUT2D eigenvalue weighted by Crippen LogP contribution is 2.55. The van der Waals surface area contributed by atoms with Gasteiger partial charge in [0.15, 0.2) is 5.82 Å². The lowest BCUT2D eigenvalue weighted by Crippen LogP contribution is -2.74. The monoisotopic (exact) mass is 1020 g/mol. The van der Waals surface area contributed by atoms with Gasteiger partial charge in [-0.3, -0.25) is 14.4 Å². The zero-order chi connectivity index (χ0) is 51.9. The van der Waals surface area contributed by atoms with Crippen LogP contribution in [0.1, 0.15) is 106 Å². The molecule has 20 heteroatoms. The summed E-state index contributed by atoms with van der Waals surface area (Å²) in [6.07, 6.45) is 11.3. The van der Waals surface area contributed by atoms with Crippen LogP contribution in [0, 0.1) is 22.2 Å². The van der Waals surface area contributed by atoms with E-state index in [0.717, 1.165) is 57.4 Å².